The van der Waals surface area contributed by atoms with Crippen LogP contribution in [0.2, 0.25) is 10.0 Å². The van der Waals surface area contributed by atoms with Crippen LogP contribution >= 0.6 is 23.2 Å². The Kier molecular flexibility index (Phi) is 6.66. The Morgan fingerprint density at radius 2 is 1.63 bits per heavy atom. The van der Waals surface area contributed by atoms with Crippen molar-refractivity contribution in [2.75, 3.05) is 45.2 Å². The van der Waals surface area contributed by atoms with Gasteiger partial charge in [-0.1, -0.05) is 41.4 Å². The first-order valence-corrected chi connectivity index (χ1v) is 9.88. The summed E-state index contributed by atoms with van der Waals surface area (Å²) in [5, 5.41) is 1.33. The summed E-state index contributed by atoms with van der Waals surface area (Å²) in [5.74, 6) is 0. The highest BCUT2D eigenvalue weighted by atomic mass is 35.5. The first-order valence-electron chi connectivity index (χ1n) is 9.13. The summed E-state index contributed by atoms with van der Waals surface area (Å²) in [6.45, 7) is 8.57. The molecule has 0 unspecified atom stereocenters. The van der Waals surface area contributed by atoms with Crippen LogP contribution in [-0.2, 0) is 10.3 Å². The summed E-state index contributed by atoms with van der Waals surface area (Å²) in [5.41, 5.74) is 2.10. The first kappa shape index (κ1) is 20.4. The maximum Gasteiger partial charge on any atom is 0.0738 e. The van der Waals surface area contributed by atoms with Crippen LogP contribution in [0.25, 0.3) is 0 Å². The van der Waals surface area contributed by atoms with Gasteiger partial charge in [0.2, 0.25) is 0 Å². The Morgan fingerprint density at radius 1 is 0.963 bits per heavy atom. The molecule has 6 heteroatoms. The molecule has 1 fully saturated rings. The summed E-state index contributed by atoms with van der Waals surface area (Å²) in [6.07, 6.45) is 0. The van der Waals surface area contributed by atoms with Crippen molar-refractivity contribution in [1.82, 2.24) is 9.80 Å². The van der Waals surface area contributed by atoms with Crippen LogP contribution in [0.4, 0.5) is 5.69 Å². The normalized spacial score (nSPS) is 16.7. The lowest BCUT2D eigenvalue weighted by Gasteiger charge is -2.50. The highest BCUT2D eigenvalue weighted by Crippen LogP contribution is 2.34. The van der Waals surface area contributed by atoms with E-state index in [0.717, 1.165) is 32.1 Å². The Bertz CT molecular complexity index is 734. The lowest BCUT2D eigenvalue weighted by atomic mass is 9.92. The van der Waals surface area contributed by atoms with Gasteiger partial charge in [-0.05, 0) is 49.7 Å². The van der Waals surface area contributed by atoms with Gasteiger partial charge in [-0.25, -0.2) is 0 Å². The molecular formula is C21H27Cl2N3O. The Morgan fingerprint density at radius 3 is 2.26 bits per heavy atom. The third-order valence-electron chi connectivity index (χ3n) is 5.18. The molecule has 0 amide bonds. The van der Waals surface area contributed by atoms with E-state index in [9.17, 15) is 0 Å². The van der Waals surface area contributed by atoms with Crippen LogP contribution in [0.15, 0.2) is 48.5 Å². The number of methoxy groups -OCH3 is 1. The highest BCUT2D eigenvalue weighted by Gasteiger charge is 2.35. The lowest BCUT2D eigenvalue weighted by molar-refractivity contribution is 0.00212. The quantitative estimate of drug-likeness (QED) is 0.679. The van der Waals surface area contributed by atoms with E-state index in [2.05, 4.69) is 52.8 Å². The van der Waals surface area contributed by atoms with Crippen LogP contribution in [0.3, 0.4) is 0 Å². The van der Waals surface area contributed by atoms with E-state index in [1.54, 1.807) is 13.2 Å². The number of nitrogens with zero attached hydrogens (tertiary/aromatic N) is 3. The molecule has 2 aromatic carbocycles. The molecule has 27 heavy (non-hydrogen) atoms. The SMILES string of the molecule is COCCN1CN(c2ccccc2)CN(C(C)(C)c2cc(Cl)cc(Cl)c2)C1. The molecular weight excluding hydrogens is 381 g/mol. The summed E-state index contributed by atoms with van der Waals surface area (Å²) >= 11 is 12.6. The molecule has 0 radical (unpaired) electrons. The minimum atomic E-state index is -0.229. The number of para-hydroxylation sites is 1. The van der Waals surface area contributed by atoms with Gasteiger partial charge in [-0.3, -0.25) is 9.80 Å². The zero-order chi connectivity index (χ0) is 19.4. The van der Waals surface area contributed by atoms with E-state index in [-0.39, 0.29) is 5.54 Å². The van der Waals surface area contributed by atoms with E-state index >= 15 is 0 Å². The maximum atomic E-state index is 6.28. The summed E-state index contributed by atoms with van der Waals surface area (Å²) in [7, 11) is 1.74. The zero-order valence-corrected chi connectivity index (χ0v) is 17.7. The smallest absolute Gasteiger partial charge is 0.0738 e. The number of hydrogen-bond donors (Lipinski definition) is 0. The number of rotatable bonds is 6. The van der Waals surface area contributed by atoms with Gasteiger partial charge < -0.3 is 9.64 Å². The van der Waals surface area contributed by atoms with Gasteiger partial charge in [0.25, 0.3) is 0 Å². The number of ether oxygens (including phenoxy) is 1. The van der Waals surface area contributed by atoms with Crippen LogP contribution in [0.1, 0.15) is 19.4 Å². The molecule has 0 saturated carbocycles. The predicted octanol–water partition coefficient (Wildman–Crippen LogP) is 4.87. The third-order valence-corrected chi connectivity index (χ3v) is 5.61. The van der Waals surface area contributed by atoms with Crippen molar-refractivity contribution in [3.8, 4) is 0 Å². The third kappa shape index (κ3) is 4.95. The van der Waals surface area contributed by atoms with E-state index in [1.165, 1.54) is 5.69 Å². The number of anilines is 1. The minimum absolute atomic E-state index is 0.229. The second-order valence-corrected chi connectivity index (χ2v) is 8.32. The number of halogens is 2. The van der Waals surface area contributed by atoms with Gasteiger partial charge in [0.05, 0.1) is 26.6 Å². The molecule has 0 bridgehead atoms. The maximum absolute atomic E-state index is 6.28. The molecule has 0 N–H and O–H groups in total. The van der Waals surface area contributed by atoms with Crippen LogP contribution in [-0.4, -0.2) is 50.1 Å². The molecule has 0 aromatic heterocycles. The van der Waals surface area contributed by atoms with Crippen molar-refractivity contribution in [3.63, 3.8) is 0 Å². The Labute approximate surface area is 172 Å². The van der Waals surface area contributed by atoms with Crippen molar-refractivity contribution in [3.05, 3.63) is 64.1 Å². The molecule has 1 aliphatic heterocycles. The van der Waals surface area contributed by atoms with Gasteiger partial charge in [0.1, 0.15) is 0 Å². The largest absolute Gasteiger partial charge is 0.383 e. The lowest BCUT2D eigenvalue weighted by Crippen LogP contribution is -2.60. The van der Waals surface area contributed by atoms with Gasteiger partial charge >= 0.3 is 0 Å². The fraction of sp³-hybridized carbons (Fsp3) is 0.429. The van der Waals surface area contributed by atoms with Gasteiger partial charge in [-0.2, -0.15) is 0 Å². The fourth-order valence-electron chi connectivity index (χ4n) is 3.43. The Hall–Kier alpha value is -1.30. The molecule has 1 heterocycles. The van der Waals surface area contributed by atoms with Crippen molar-refractivity contribution >= 4 is 28.9 Å². The van der Waals surface area contributed by atoms with Crippen molar-refractivity contribution < 1.29 is 4.74 Å². The molecule has 3 rings (SSSR count). The van der Waals surface area contributed by atoms with E-state index in [0.29, 0.717) is 16.7 Å². The molecule has 0 aliphatic carbocycles. The van der Waals surface area contributed by atoms with Crippen LogP contribution in [0.5, 0.6) is 0 Å². The summed E-state index contributed by atoms with van der Waals surface area (Å²) < 4.78 is 5.31. The second-order valence-electron chi connectivity index (χ2n) is 7.44. The zero-order valence-electron chi connectivity index (χ0n) is 16.2. The van der Waals surface area contributed by atoms with E-state index in [1.807, 2.05) is 18.2 Å². The molecule has 146 valence electrons. The summed E-state index contributed by atoms with van der Waals surface area (Å²) in [6, 6.07) is 16.3. The predicted molar refractivity (Wildman–Crippen MR) is 113 cm³/mol. The van der Waals surface area contributed by atoms with Crippen molar-refractivity contribution in [2.45, 2.75) is 19.4 Å². The highest BCUT2D eigenvalue weighted by molar-refractivity contribution is 6.34. The van der Waals surface area contributed by atoms with Crippen LogP contribution in [0, 0.1) is 0 Å². The van der Waals surface area contributed by atoms with Gasteiger partial charge in [0.15, 0.2) is 0 Å². The summed E-state index contributed by atoms with van der Waals surface area (Å²) in [4.78, 5) is 7.22. The molecule has 4 nitrogen and oxygen atoms in total. The van der Waals surface area contributed by atoms with Gasteiger partial charge in [0, 0.05) is 34.9 Å². The van der Waals surface area contributed by atoms with Crippen molar-refractivity contribution in [1.29, 1.82) is 0 Å². The molecule has 0 spiro atoms. The van der Waals surface area contributed by atoms with E-state index in [4.69, 9.17) is 27.9 Å². The Balaban J connectivity index is 1.89. The van der Waals surface area contributed by atoms with Crippen molar-refractivity contribution in [2.24, 2.45) is 0 Å². The number of hydrogen-bond acceptors (Lipinski definition) is 4. The van der Waals surface area contributed by atoms with Gasteiger partial charge in [-0.15, -0.1) is 0 Å². The number of benzene rings is 2. The molecule has 0 atom stereocenters. The molecule has 1 aliphatic rings. The minimum Gasteiger partial charge on any atom is -0.383 e. The van der Waals surface area contributed by atoms with E-state index < -0.39 is 0 Å². The average Bonchev–Trinajstić information content (AvgIpc) is 2.66. The second kappa shape index (κ2) is 8.80. The first-order chi connectivity index (χ1) is 12.9. The average molecular weight is 408 g/mol. The monoisotopic (exact) mass is 407 g/mol. The van der Waals surface area contributed by atoms with Crippen LogP contribution < -0.4 is 4.90 Å². The molecule has 2 aromatic rings. The standard InChI is InChI=1S/C21H27Cl2N3O/c1-21(2,17-11-18(22)13-19(23)12-17)26-15-24(9-10-27-3)14-25(16-26)20-7-5-4-6-8-20/h4-8,11-13H,9-10,14-16H2,1-3H3. The fourth-order valence-corrected chi connectivity index (χ4v) is 3.96. The topological polar surface area (TPSA) is 19.0 Å². The molecule has 1 saturated heterocycles.